The molecule has 0 aliphatic carbocycles. The Hall–Kier alpha value is -1.04. The van der Waals surface area contributed by atoms with E-state index < -0.39 is 0 Å². The summed E-state index contributed by atoms with van der Waals surface area (Å²) in [5.41, 5.74) is 1.17. The predicted molar refractivity (Wildman–Crippen MR) is 66.3 cm³/mol. The van der Waals surface area contributed by atoms with Gasteiger partial charge in [0.05, 0.1) is 0 Å². The van der Waals surface area contributed by atoms with Gasteiger partial charge in [-0.3, -0.25) is 0 Å². The highest BCUT2D eigenvalue weighted by atomic mass is 13.8. The fourth-order valence-corrected chi connectivity index (χ4v) is 1.09. The van der Waals surface area contributed by atoms with Gasteiger partial charge in [-0.15, -0.1) is 0 Å². The van der Waals surface area contributed by atoms with Crippen molar-refractivity contribution in [3.63, 3.8) is 0 Å². The van der Waals surface area contributed by atoms with Gasteiger partial charge in [-0.1, -0.05) is 82.5 Å². The summed E-state index contributed by atoms with van der Waals surface area (Å²) in [6.07, 6.45) is 7.37. The van der Waals surface area contributed by atoms with Gasteiger partial charge in [-0.05, 0) is 5.56 Å². The fourth-order valence-electron chi connectivity index (χ4n) is 1.09. The van der Waals surface area contributed by atoms with E-state index in [1.54, 1.807) is 0 Å². The molecular weight excluding hydrogens is 168 g/mol. The number of benzene rings is 1. The molecule has 1 aromatic rings. The van der Waals surface area contributed by atoms with Crippen LogP contribution < -0.4 is 0 Å². The van der Waals surface area contributed by atoms with Crippen LogP contribution in [0.5, 0.6) is 0 Å². The molecule has 0 heteroatoms. The van der Waals surface area contributed by atoms with Gasteiger partial charge in [-0.25, -0.2) is 0 Å². The van der Waals surface area contributed by atoms with E-state index >= 15 is 0 Å². The monoisotopic (exact) mass is 190 g/mol. The Balaban J connectivity index is 0.000000255. The van der Waals surface area contributed by atoms with E-state index in [0.29, 0.717) is 0 Å². The second kappa shape index (κ2) is 10.0. The van der Waals surface area contributed by atoms with Gasteiger partial charge in [0.2, 0.25) is 0 Å². The summed E-state index contributed by atoms with van der Waals surface area (Å²) in [4.78, 5) is 0. The standard InChI is InChI=1S/C8H8.C6H14/c1-2-8-6-4-3-5-7-8;1-3-5-6-4-2/h2-7H,1H2;3-6H2,1-2H3. The first-order chi connectivity index (χ1) is 6.85. The maximum absolute atomic E-state index is 3.63. The van der Waals surface area contributed by atoms with Crippen LogP contribution in [0.15, 0.2) is 36.9 Å². The second-order valence-corrected chi connectivity index (χ2v) is 3.32. The van der Waals surface area contributed by atoms with Crippen LogP contribution in [0, 0.1) is 0 Å². The first-order valence-electron chi connectivity index (χ1n) is 5.52. The van der Waals surface area contributed by atoms with Gasteiger partial charge in [0.25, 0.3) is 0 Å². The summed E-state index contributed by atoms with van der Waals surface area (Å²) in [7, 11) is 0. The van der Waals surface area contributed by atoms with Crippen LogP contribution in [0.2, 0.25) is 0 Å². The Morgan fingerprint density at radius 3 is 1.79 bits per heavy atom. The quantitative estimate of drug-likeness (QED) is 0.591. The third-order valence-corrected chi connectivity index (χ3v) is 1.99. The van der Waals surface area contributed by atoms with Gasteiger partial charge >= 0.3 is 0 Å². The van der Waals surface area contributed by atoms with E-state index in [1.807, 2.05) is 36.4 Å². The second-order valence-electron chi connectivity index (χ2n) is 3.32. The molecule has 0 aliphatic heterocycles. The van der Waals surface area contributed by atoms with Crippen molar-refractivity contribution in [3.8, 4) is 0 Å². The molecule has 0 N–H and O–H groups in total. The number of hydrogen-bond acceptors (Lipinski definition) is 0. The van der Waals surface area contributed by atoms with Crippen molar-refractivity contribution in [1.29, 1.82) is 0 Å². The van der Waals surface area contributed by atoms with Crippen molar-refractivity contribution in [2.75, 3.05) is 0 Å². The zero-order valence-corrected chi connectivity index (χ0v) is 9.50. The highest BCUT2D eigenvalue weighted by Crippen LogP contribution is 1.97. The lowest BCUT2D eigenvalue weighted by atomic mass is 10.2. The minimum Gasteiger partial charge on any atom is -0.0985 e. The molecule has 0 bridgehead atoms. The van der Waals surface area contributed by atoms with Crippen LogP contribution in [0.3, 0.4) is 0 Å². The van der Waals surface area contributed by atoms with Crippen molar-refractivity contribution in [2.45, 2.75) is 39.5 Å². The smallest absolute Gasteiger partial charge is 0.0263 e. The van der Waals surface area contributed by atoms with Crippen LogP contribution in [-0.4, -0.2) is 0 Å². The normalized spacial score (nSPS) is 8.71. The Bertz CT molecular complexity index is 207. The van der Waals surface area contributed by atoms with E-state index in [2.05, 4.69) is 20.4 Å². The summed E-state index contributed by atoms with van der Waals surface area (Å²) in [5, 5.41) is 0. The molecule has 0 unspecified atom stereocenters. The van der Waals surface area contributed by atoms with E-state index in [1.165, 1.54) is 31.2 Å². The molecule has 0 saturated heterocycles. The van der Waals surface area contributed by atoms with E-state index in [4.69, 9.17) is 0 Å². The van der Waals surface area contributed by atoms with Gasteiger partial charge in [0, 0.05) is 0 Å². The van der Waals surface area contributed by atoms with Crippen LogP contribution in [-0.2, 0) is 0 Å². The molecular formula is C14H22. The summed E-state index contributed by atoms with van der Waals surface area (Å²) in [6.45, 7) is 8.09. The lowest BCUT2D eigenvalue weighted by Crippen LogP contribution is -1.66. The van der Waals surface area contributed by atoms with E-state index in [0.717, 1.165) is 0 Å². The van der Waals surface area contributed by atoms with Gasteiger partial charge in [0.15, 0.2) is 0 Å². The topological polar surface area (TPSA) is 0 Å². The van der Waals surface area contributed by atoms with E-state index in [-0.39, 0.29) is 0 Å². The molecule has 0 fully saturated rings. The van der Waals surface area contributed by atoms with Gasteiger partial charge < -0.3 is 0 Å². The van der Waals surface area contributed by atoms with E-state index in [9.17, 15) is 0 Å². The zero-order valence-electron chi connectivity index (χ0n) is 9.50. The molecule has 0 radical (unpaired) electrons. The van der Waals surface area contributed by atoms with Crippen LogP contribution >= 0.6 is 0 Å². The predicted octanol–water partition coefficient (Wildman–Crippen LogP) is 4.92. The maximum atomic E-state index is 3.63. The molecule has 1 rings (SSSR count). The van der Waals surface area contributed by atoms with Crippen molar-refractivity contribution >= 4 is 6.08 Å². The summed E-state index contributed by atoms with van der Waals surface area (Å²) >= 11 is 0. The first-order valence-corrected chi connectivity index (χ1v) is 5.52. The van der Waals surface area contributed by atoms with Crippen molar-refractivity contribution < 1.29 is 0 Å². The average molecular weight is 190 g/mol. The number of unbranched alkanes of at least 4 members (excludes halogenated alkanes) is 3. The number of rotatable bonds is 4. The Labute approximate surface area is 88.7 Å². The number of hydrogen-bond donors (Lipinski definition) is 0. The first kappa shape index (κ1) is 13.0. The van der Waals surface area contributed by atoms with Crippen molar-refractivity contribution in [2.24, 2.45) is 0 Å². The van der Waals surface area contributed by atoms with Crippen LogP contribution in [0.4, 0.5) is 0 Å². The summed E-state index contributed by atoms with van der Waals surface area (Å²) in [5.74, 6) is 0. The van der Waals surface area contributed by atoms with Gasteiger partial charge in [0.1, 0.15) is 0 Å². The lowest BCUT2D eigenvalue weighted by molar-refractivity contribution is 0.702. The highest BCUT2D eigenvalue weighted by molar-refractivity contribution is 5.45. The zero-order chi connectivity index (χ0) is 10.6. The third kappa shape index (κ3) is 7.60. The van der Waals surface area contributed by atoms with Crippen LogP contribution in [0.25, 0.3) is 6.08 Å². The fraction of sp³-hybridized carbons (Fsp3) is 0.429. The Morgan fingerprint density at radius 1 is 1.00 bits per heavy atom. The molecule has 1 aromatic carbocycles. The minimum atomic E-state index is 1.17. The molecule has 0 spiro atoms. The van der Waals surface area contributed by atoms with Gasteiger partial charge in [-0.2, -0.15) is 0 Å². The Morgan fingerprint density at radius 2 is 1.50 bits per heavy atom. The lowest BCUT2D eigenvalue weighted by Gasteiger charge is -1.86. The molecule has 0 aromatic heterocycles. The SMILES string of the molecule is C=Cc1ccccc1.CCCCCC. The molecule has 0 saturated carbocycles. The maximum Gasteiger partial charge on any atom is -0.0263 e. The molecule has 14 heavy (non-hydrogen) atoms. The molecule has 0 nitrogen and oxygen atoms in total. The molecule has 0 aliphatic rings. The van der Waals surface area contributed by atoms with Crippen LogP contribution in [0.1, 0.15) is 45.1 Å². The van der Waals surface area contributed by atoms with Crippen molar-refractivity contribution in [1.82, 2.24) is 0 Å². The summed E-state index contributed by atoms with van der Waals surface area (Å²) < 4.78 is 0. The third-order valence-electron chi connectivity index (χ3n) is 1.99. The Kier molecular flexibility index (Phi) is 9.30. The molecule has 0 amide bonds. The molecule has 78 valence electrons. The van der Waals surface area contributed by atoms with Crippen molar-refractivity contribution in [3.05, 3.63) is 42.5 Å². The minimum absolute atomic E-state index is 1.17. The highest BCUT2D eigenvalue weighted by Gasteiger charge is 1.76. The summed E-state index contributed by atoms with van der Waals surface area (Å²) in [6, 6.07) is 10.0. The molecule has 0 atom stereocenters. The molecule has 0 heterocycles. The average Bonchev–Trinajstić information content (AvgIpc) is 2.28. The largest absolute Gasteiger partial charge is 0.0985 e.